The molecular weight excluding hydrogens is 514 g/mol. The maximum Gasteiger partial charge on any atom is 0.0727 e. The molecule has 3 heteroatoms. The summed E-state index contributed by atoms with van der Waals surface area (Å²) < 4.78 is 5.02. The molecule has 8 rings (SSSR count). The molecule has 186 valence electrons. The van der Waals surface area contributed by atoms with Crippen molar-refractivity contribution in [3.8, 4) is 16.8 Å². The van der Waals surface area contributed by atoms with E-state index in [4.69, 9.17) is 11.6 Å². The van der Waals surface area contributed by atoms with Gasteiger partial charge < -0.3 is 4.57 Å². The Kier molecular flexibility index (Phi) is 4.94. The van der Waals surface area contributed by atoms with Crippen LogP contribution in [-0.4, -0.2) is 4.57 Å². The van der Waals surface area contributed by atoms with Crippen LogP contribution >= 0.6 is 22.9 Å². The zero-order chi connectivity index (χ0) is 26.2. The van der Waals surface area contributed by atoms with E-state index in [1.807, 2.05) is 17.4 Å². The summed E-state index contributed by atoms with van der Waals surface area (Å²) in [4.78, 5) is 0. The highest BCUT2D eigenvalue weighted by Crippen LogP contribution is 2.42. The molecule has 0 fully saturated rings. The zero-order valence-electron chi connectivity index (χ0n) is 21.6. The van der Waals surface area contributed by atoms with Gasteiger partial charge in [0.15, 0.2) is 0 Å². The molecule has 0 spiro atoms. The van der Waals surface area contributed by atoms with Crippen LogP contribution < -0.4 is 0 Å². The minimum atomic E-state index is 0.759. The van der Waals surface area contributed by atoms with E-state index < -0.39 is 0 Å². The highest BCUT2D eigenvalue weighted by molar-refractivity contribution is 7.26. The summed E-state index contributed by atoms with van der Waals surface area (Å²) in [6.45, 7) is 4.32. The smallest absolute Gasteiger partial charge is 0.0727 e. The van der Waals surface area contributed by atoms with Gasteiger partial charge in [0.1, 0.15) is 0 Å². The average Bonchev–Trinajstić information content (AvgIpc) is 3.48. The van der Waals surface area contributed by atoms with E-state index in [-0.39, 0.29) is 0 Å². The van der Waals surface area contributed by atoms with Crippen molar-refractivity contribution in [2.24, 2.45) is 0 Å². The van der Waals surface area contributed by atoms with Crippen molar-refractivity contribution in [3.05, 3.63) is 125 Å². The molecule has 8 aromatic rings. The molecule has 0 saturated carbocycles. The van der Waals surface area contributed by atoms with Crippen LogP contribution in [0.4, 0.5) is 0 Å². The molecule has 0 N–H and O–H groups in total. The molecule has 0 amide bonds. The fourth-order valence-electron chi connectivity index (χ4n) is 6.10. The van der Waals surface area contributed by atoms with E-state index >= 15 is 0 Å². The van der Waals surface area contributed by atoms with Crippen LogP contribution in [0.5, 0.6) is 0 Å². The molecule has 0 aliphatic rings. The molecular formula is C36H24ClNS. The summed E-state index contributed by atoms with van der Waals surface area (Å²) in [5, 5.41) is 8.34. The predicted octanol–water partition coefficient (Wildman–Crippen LogP) is 11.2. The van der Waals surface area contributed by atoms with Gasteiger partial charge in [0, 0.05) is 36.6 Å². The molecule has 2 aromatic heterocycles. The summed E-state index contributed by atoms with van der Waals surface area (Å²) in [6, 6.07) is 39.7. The fraction of sp³-hybridized carbons (Fsp3) is 0.0556. The largest absolute Gasteiger partial charge is 0.308 e. The summed E-state index contributed by atoms with van der Waals surface area (Å²) in [7, 11) is 0. The van der Waals surface area contributed by atoms with Gasteiger partial charge in [0.2, 0.25) is 0 Å². The number of benzene rings is 6. The van der Waals surface area contributed by atoms with Gasteiger partial charge in [-0.3, -0.25) is 0 Å². The van der Waals surface area contributed by atoms with Gasteiger partial charge in [-0.25, -0.2) is 0 Å². The first-order valence-corrected chi connectivity index (χ1v) is 14.4. The lowest BCUT2D eigenvalue weighted by molar-refractivity contribution is 1.18. The number of fused-ring (bicyclic) bond motifs is 8. The summed E-state index contributed by atoms with van der Waals surface area (Å²) in [6.07, 6.45) is 0. The Labute approximate surface area is 235 Å². The van der Waals surface area contributed by atoms with Crippen LogP contribution in [-0.2, 0) is 0 Å². The highest BCUT2D eigenvalue weighted by Gasteiger charge is 2.18. The van der Waals surface area contributed by atoms with Crippen molar-refractivity contribution in [1.82, 2.24) is 4.57 Å². The van der Waals surface area contributed by atoms with Crippen LogP contribution in [0.3, 0.4) is 0 Å². The quantitative estimate of drug-likeness (QED) is 0.206. The number of hydrogen-bond donors (Lipinski definition) is 0. The molecule has 0 aliphatic heterocycles. The van der Waals surface area contributed by atoms with Gasteiger partial charge in [-0.1, -0.05) is 78.3 Å². The van der Waals surface area contributed by atoms with Crippen molar-refractivity contribution in [2.45, 2.75) is 13.8 Å². The summed E-state index contributed by atoms with van der Waals surface area (Å²) in [5.74, 6) is 0. The van der Waals surface area contributed by atoms with Gasteiger partial charge in [0.05, 0.1) is 16.1 Å². The molecule has 0 atom stereocenters. The van der Waals surface area contributed by atoms with Crippen molar-refractivity contribution in [1.29, 1.82) is 0 Å². The van der Waals surface area contributed by atoms with Crippen LogP contribution in [0.1, 0.15) is 11.1 Å². The number of thiophene rings is 1. The minimum Gasteiger partial charge on any atom is -0.308 e. The van der Waals surface area contributed by atoms with Gasteiger partial charge >= 0.3 is 0 Å². The minimum absolute atomic E-state index is 0.759. The molecule has 6 aromatic carbocycles. The van der Waals surface area contributed by atoms with Crippen LogP contribution in [0.2, 0.25) is 5.02 Å². The standard InChI is InChI=1S/C36H24ClNS/c1-21-8-13-27-30-18-25(23-6-4-3-5-7-23)19-31(37)36(30)38(32(27)16-21)26-12-10-24-11-15-33-35(29(24)20-26)28-14-9-22(2)17-34(28)39-33/h3-20H,1-2H3. The first-order valence-electron chi connectivity index (χ1n) is 13.2. The van der Waals surface area contributed by atoms with E-state index in [2.05, 4.69) is 122 Å². The molecule has 2 heterocycles. The third kappa shape index (κ3) is 3.45. The van der Waals surface area contributed by atoms with Crippen LogP contribution in [0.15, 0.2) is 109 Å². The molecule has 0 saturated heterocycles. The lowest BCUT2D eigenvalue weighted by Gasteiger charge is -2.12. The molecule has 0 aliphatic carbocycles. The Bertz CT molecular complexity index is 2250. The average molecular weight is 538 g/mol. The summed E-state index contributed by atoms with van der Waals surface area (Å²) >= 11 is 9.02. The Morgan fingerprint density at radius 1 is 0.590 bits per heavy atom. The highest BCUT2D eigenvalue weighted by atomic mass is 35.5. The van der Waals surface area contributed by atoms with E-state index in [0.29, 0.717) is 0 Å². The maximum absolute atomic E-state index is 7.15. The normalized spacial score (nSPS) is 12.0. The van der Waals surface area contributed by atoms with Crippen molar-refractivity contribution in [2.75, 3.05) is 0 Å². The SMILES string of the molecule is Cc1ccc2c(c1)sc1ccc3ccc(-n4c5cc(C)ccc5c5cc(-c6ccccc6)cc(Cl)c54)cc3c12. The number of rotatable bonds is 2. The Hall–Kier alpha value is -4.11. The molecule has 0 bridgehead atoms. The van der Waals surface area contributed by atoms with Crippen LogP contribution in [0, 0.1) is 13.8 Å². The van der Waals surface area contributed by atoms with E-state index in [1.54, 1.807) is 0 Å². The fourth-order valence-corrected chi connectivity index (χ4v) is 7.62. The third-order valence-corrected chi connectivity index (χ3v) is 9.34. The number of nitrogens with zero attached hydrogens (tertiary/aromatic N) is 1. The Balaban J connectivity index is 1.47. The van der Waals surface area contributed by atoms with E-state index in [9.17, 15) is 0 Å². The second kappa shape index (κ2) is 8.44. The number of aryl methyl sites for hydroxylation is 2. The molecule has 1 nitrogen and oxygen atoms in total. The van der Waals surface area contributed by atoms with Crippen molar-refractivity contribution >= 4 is 75.7 Å². The lowest BCUT2D eigenvalue weighted by atomic mass is 10.0. The first kappa shape index (κ1) is 22.8. The second-order valence-electron chi connectivity index (χ2n) is 10.5. The van der Waals surface area contributed by atoms with Crippen molar-refractivity contribution < 1.29 is 0 Å². The maximum atomic E-state index is 7.15. The first-order chi connectivity index (χ1) is 19.0. The van der Waals surface area contributed by atoms with Crippen LogP contribution in [0.25, 0.3) is 69.6 Å². The Morgan fingerprint density at radius 2 is 1.36 bits per heavy atom. The zero-order valence-corrected chi connectivity index (χ0v) is 23.2. The predicted molar refractivity (Wildman–Crippen MR) is 171 cm³/mol. The number of halogens is 1. The summed E-state index contributed by atoms with van der Waals surface area (Å²) in [5.41, 5.74) is 8.18. The van der Waals surface area contributed by atoms with E-state index in [0.717, 1.165) is 21.8 Å². The molecule has 0 unspecified atom stereocenters. The number of hydrogen-bond acceptors (Lipinski definition) is 1. The topological polar surface area (TPSA) is 4.93 Å². The van der Waals surface area contributed by atoms with E-state index in [1.165, 1.54) is 63.9 Å². The third-order valence-electron chi connectivity index (χ3n) is 7.93. The van der Waals surface area contributed by atoms with Crippen molar-refractivity contribution in [3.63, 3.8) is 0 Å². The van der Waals surface area contributed by atoms with Gasteiger partial charge in [-0.2, -0.15) is 0 Å². The van der Waals surface area contributed by atoms with Gasteiger partial charge in [-0.05, 0) is 89.3 Å². The molecule has 39 heavy (non-hydrogen) atoms. The molecule has 0 radical (unpaired) electrons. The second-order valence-corrected chi connectivity index (χ2v) is 12.0. The number of aromatic nitrogens is 1. The monoisotopic (exact) mass is 537 g/mol. The lowest BCUT2D eigenvalue weighted by Crippen LogP contribution is -1.95. The Morgan fingerprint density at radius 3 is 2.21 bits per heavy atom. The van der Waals surface area contributed by atoms with Gasteiger partial charge in [0.25, 0.3) is 0 Å². The van der Waals surface area contributed by atoms with Gasteiger partial charge in [-0.15, -0.1) is 11.3 Å².